The molecule has 2 aromatic heterocycles. The number of rotatable bonds is 4. The van der Waals surface area contributed by atoms with E-state index in [1.165, 1.54) is 27.3 Å². The van der Waals surface area contributed by atoms with Crippen LogP contribution in [0.1, 0.15) is 0 Å². The van der Waals surface area contributed by atoms with E-state index in [4.69, 9.17) is 19.4 Å². The number of hydrogen-bond acceptors (Lipinski definition) is 4. The minimum absolute atomic E-state index is 0.614. The van der Waals surface area contributed by atoms with Gasteiger partial charge >= 0.3 is 0 Å². The summed E-state index contributed by atoms with van der Waals surface area (Å²) >= 11 is 0. The van der Waals surface area contributed by atoms with Crippen molar-refractivity contribution in [3.8, 4) is 45.3 Å². The molecule has 0 amide bonds. The third kappa shape index (κ3) is 4.57. The average molecular weight is 626 g/mol. The number of benzene rings is 8. The van der Waals surface area contributed by atoms with Gasteiger partial charge in [-0.2, -0.15) is 0 Å². The predicted octanol–water partition coefficient (Wildman–Crippen LogP) is 11.9. The fourth-order valence-corrected chi connectivity index (χ4v) is 7.13. The fraction of sp³-hybridized carbons (Fsp3) is 0. The van der Waals surface area contributed by atoms with Gasteiger partial charge < -0.3 is 4.42 Å². The van der Waals surface area contributed by atoms with Gasteiger partial charge in [0.1, 0.15) is 11.2 Å². The second-order valence-corrected chi connectivity index (χ2v) is 12.4. The Balaban J connectivity index is 1.18. The van der Waals surface area contributed by atoms with Gasteiger partial charge in [0.15, 0.2) is 17.5 Å². The molecule has 10 aromatic rings. The molecule has 0 aliphatic rings. The van der Waals surface area contributed by atoms with Crippen LogP contribution in [0, 0.1) is 0 Å². The van der Waals surface area contributed by atoms with Crippen molar-refractivity contribution in [2.45, 2.75) is 0 Å². The van der Waals surface area contributed by atoms with Crippen molar-refractivity contribution in [2.75, 3.05) is 0 Å². The molecule has 0 bridgehead atoms. The maximum atomic E-state index is 6.31. The number of aromatic nitrogens is 3. The summed E-state index contributed by atoms with van der Waals surface area (Å²) in [6.07, 6.45) is 0. The summed E-state index contributed by atoms with van der Waals surface area (Å²) < 4.78 is 6.31. The molecule has 0 fully saturated rings. The van der Waals surface area contributed by atoms with Gasteiger partial charge in [-0.3, -0.25) is 0 Å². The molecule has 0 N–H and O–H groups in total. The first-order valence-electron chi connectivity index (χ1n) is 16.4. The van der Waals surface area contributed by atoms with Crippen LogP contribution in [0.15, 0.2) is 168 Å². The van der Waals surface area contributed by atoms with E-state index in [1.54, 1.807) is 0 Å². The topological polar surface area (TPSA) is 51.8 Å². The molecule has 0 atom stereocenters. The summed E-state index contributed by atoms with van der Waals surface area (Å²) in [6.45, 7) is 0. The zero-order chi connectivity index (χ0) is 32.3. The SMILES string of the molecule is c1ccc(-c2nc(-c3ccc4oc5cc6ccccc6cc5c4c3)nc(-c3ccc(-c4cccc5ccccc45)c4ccccc34)n2)cc1. The largest absolute Gasteiger partial charge is 0.456 e. The Labute approximate surface area is 282 Å². The molecule has 0 spiro atoms. The molecule has 2 heterocycles. The Morgan fingerprint density at radius 1 is 0.306 bits per heavy atom. The summed E-state index contributed by atoms with van der Waals surface area (Å²) in [4.78, 5) is 15.3. The molecule has 4 heteroatoms. The molecule has 0 unspecified atom stereocenters. The van der Waals surface area contributed by atoms with Crippen molar-refractivity contribution in [3.63, 3.8) is 0 Å². The summed E-state index contributed by atoms with van der Waals surface area (Å²) in [5.74, 6) is 1.88. The highest BCUT2D eigenvalue weighted by atomic mass is 16.3. The molecular weight excluding hydrogens is 599 g/mol. The van der Waals surface area contributed by atoms with Gasteiger partial charge in [-0.1, -0.05) is 127 Å². The lowest BCUT2D eigenvalue weighted by molar-refractivity contribution is 0.669. The van der Waals surface area contributed by atoms with E-state index in [2.05, 4.69) is 121 Å². The minimum Gasteiger partial charge on any atom is -0.456 e. The lowest BCUT2D eigenvalue weighted by Gasteiger charge is -2.14. The quantitative estimate of drug-likeness (QED) is 0.195. The highest BCUT2D eigenvalue weighted by Gasteiger charge is 2.18. The van der Waals surface area contributed by atoms with Crippen molar-refractivity contribution in [1.82, 2.24) is 15.0 Å². The second-order valence-electron chi connectivity index (χ2n) is 12.4. The zero-order valence-corrected chi connectivity index (χ0v) is 26.3. The van der Waals surface area contributed by atoms with Crippen LogP contribution in [-0.4, -0.2) is 15.0 Å². The van der Waals surface area contributed by atoms with Gasteiger partial charge in [0.2, 0.25) is 0 Å². The van der Waals surface area contributed by atoms with E-state index < -0.39 is 0 Å². The van der Waals surface area contributed by atoms with Crippen LogP contribution < -0.4 is 0 Å². The lowest BCUT2D eigenvalue weighted by atomic mass is 9.92. The molecule has 0 saturated heterocycles. The summed E-state index contributed by atoms with van der Waals surface area (Å²) in [5.41, 5.74) is 6.88. The summed E-state index contributed by atoms with van der Waals surface area (Å²) in [5, 5.41) is 9.13. The predicted molar refractivity (Wildman–Crippen MR) is 201 cm³/mol. The van der Waals surface area contributed by atoms with Crippen molar-refractivity contribution in [1.29, 1.82) is 0 Å². The number of fused-ring (bicyclic) bond motifs is 6. The zero-order valence-electron chi connectivity index (χ0n) is 26.3. The number of nitrogens with zero attached hydrogens (tertiary/aromatic N) is 3. The third-order valence-electron chi connectivity index (χ3n) is 9.51. The molecule has 0 radical (unpaired) electrons. The van der Waals surface area contributed by atoms with E-state index in [1.807, 2.05) is 42.5 Å². The van der Waals surface area contributed by atoms with Crippen LogP contribution in [0.2, 0.25) is 0 Å². The normalized spacial score (nSPS) is 11.7. The maximum Gasteiger partial charge on any atom is 0.164 e. The Hall–Kier alpha value is -6.65. The minimum atomic E-state index is 0.614. The van der Waals surface area contributed by atoms with Crippen molar-refractivity contribution < 1.29 is 4.42 Å². The monoisotopic (exact) mass is 625 g/mol. The molecular formula is C45H27N3O. The standard InChI is InChI=1S/C45H27N3O/c1-2-12-29(13-3-1)43-46-44(32-21-24-41-39(26-32)40-25-30-14-4-5-15-31(30)27-42(40)49-41)48-45(47-43)38-23-22-37(35-18-8-9-19-36(35)38)34-20-10-16-28-11-6-7-17-33(28)34/h1-27H. The highest BCUT2D eigenvalue weighted by Crippen LogP contribution is 2.39. The molecule has 49 heavy (non-hydrogen) atoms. The van der Waals surface area contributed by atoms with Crippen molar-refractivity contribution in [3.05, 3.63) is 164 Å². The van der Waals surface area contributed by atoms with Gasteiger partial charge in [-0.25, -0.2) is 15.0 Å². The smallest absolute Gasteiger partial charge is 0.164 e. The van der Waals surface area contributed by atoms with Crippen LogP contribution >= 0.6 is 0 Å². The molecule has 0 saturated carbocycles. The molecule has 228 valence electrons. The van der Waals surface area contributed by atoms with E-state index in [-0.39, 0.29) is 0 Å². The third-order valence-corrected chi connectivity index (χ3v) is 9.51. The first kappa shape index (κ1) is 27.5. The fourth-order valence-electron chi connectivity index (χ4n) is 7.13. The Morgan fingerprint density at radius 2 is 0.878 bits per heavy atom. The van der Waals surface area contributed by atoms with Crippen LogP contribution in [-0.2, 0) is 0 Å². The van der Waals surface area contributed by atoms with Gasteiger partial charge in [-0.15, -0.1) is 0 Å². The Kier molecular flexibility index (Phi) is 6.15. The average Bonchev–Trinajstić information content (AvgIpc) is 3.53. The number of furan rings is 1. The van der Waals surface area contributed by atoms with Gasteiger partial charge in [-0.05, 0) is 79.8 Å². The van der Waals surface area contributed by atoms with Crippen LogP contribution in [0.25, 0.3) is 99.5 Å². The molecule has 0 aliphatic heterocycles. The van der Waals surface area contributed by atoms with Crippen molar-refractivity contribution in [2.24, 2.45) is 0 Å². The first-order chi connectivity index (χ1) is 24.3. The van der Waals surface area contributed by atoms with E-state index in [9.17, 15) is 0 Å². The Bertz CT molecular complexity index is 2890. The highest BCUT2D eigenvalue weighted by molar-refractivity contribution is 6.11. The summed E-state index contributed by atoms with van der Waals surface area (Å²) in [7, 11) is 0. The van der Waals surface area contributed by atoms with Crippen LogP contribution in [0.4, 0.5) is 0 Å². The maximum absolute atomic E-state index is 6.31. The van der Waals surface area contributed by atoms with Crippen molar-refractivity contribution >= 4 is 54.3 Å². The lowest BCUT2D eigenvalue weighted by Crippen LogP contribution is -2.00. The molecule has 4 nitrogen and oxygen atoms in total. The van der Waals surface area contributed by atoms with Crippen LogP contribution in [0.3, 0.4) is 0 Å². The van der Waals surface area contributed by atoms with E-state index in [0.717, 1.165) is 54.8 Å². The van der Waals surface area contributed by atoms with Gasteiger partial charge in [0, 0.05) is 27.5 Å². The van der Waals surface area contributed by atoms with Crippen LogP contribution in [0.5, 0.6) is 0 Å². The first-order valence-corrected chi connectivity index (χ1v) is 16.4. The van der Waals surface area contributed by atoms with Gasteiger partial charge in [0.05, 0.1) is 0 Å². The molecule has 10 rings (SSSR count). The second kappa shape index (κ2) is 11.0. The Morgan fingerprint density at radius 3 is 1.69 bits per heavy atom. The van der Waals surface area contributed by atoms with E-state index in [0.29, 0.717) is 17.5 Å². The molecule has 8 aromatic carbocycles. The molecule has 0 aliphatic carbocycles. The van der Waals surface area contributed by atoms with E-state index >= 15 is 0 Å². The number of hydrogen-bond donors (Lipinski definition) is 0. The summed E-state index contributed by atoms with van der Waals surface area (Å²) in [6, 6.07) is 57.0. The van der Waals surface area contributed by atoms with Gasteiger partial charge in [0.25, 0.3) is 0 Å².